The molecule has 0 radical (unpaired) electrons. The number of rotatable bonds is 6. The summed E-state index contributed by atoms with van der Waals surface area (Å²) in [5.41, 5.74) is 2.50. The van der Waals surface area contributed by atoms with Crippen molar-refractivity contribution in [3.63, 3.8) is 0 Å². The van der Waals surface area contributed by atoms with Gasteiger partial charge >= 0.3 is 6.03 Å². The lowest BCUT2D eigenvalue weighted by atomic mass is 10.2. The monoisotopic (exact) mass is 430 g/mol. The second-order valence-corrected chi connectivity index (χ2v) is 8.38. The maximum absolute atomic E-state index is 12.6. The van der Waals surface area contributed by atoms with E-state index in [1.165, 1.54) is 24.3 Å². The van der Waals surface area contributed by atoms with E-state index in [0.29, 0.717) is 28.5 Å². The average Bonchev–Trinajstić information content (AvgIpc) is 2.70. The molecule has 3 rings (SSSR count). The summed E-state index contributed by atoms with van der Waals surface area (Å²) < 4.78 is 27.7. The third-order valence-electron chi connectivity index (χ3n) is 4.03. The molecule has 7 nitrogen and oxygen atoms in total. The molecule has 0 atom stereocenters. The molecule has 9 heteroatoms. The average molecular weight is 431 g/mol. The van der Waals surface area contributed by atoms with Gasteiger partial charge in [-0.3, -0.25) is 9.71 Å². The Bertz CT molecular complexity index is 1100. The van der Waals surface area contributed by atoms with E-state index in [9.17, 15) is 13.2 Å². The van der Waals surface area contributed by atoms with Crippen LogP contribution in [0, 0.1) is 6.92 Å². The molecule has 0 fully saturated rings. The number of nitrogens with zero attached hydrogens (tertiary/aromatic N) is 1. The topological polar surface area (TPSA) is 100 Å². The van der Waals surface area contributed by atoms with Crippen LogP contribution in [0.2, 0.25) is 5.02 Å². The van der Waals surface area contributed by atoms with Crippen LogP contribution in [0.4, 0.5) is 16.2 Å². The minimum atomic E-state index is -3.77. The summed E-state index contributed by atoms with van der Waals surface area (Å²) in [7, 11) is -3.77. The molecule has 150 valence electrons. The second kappa shape index (κ2) is 8.93. The van der Waals surface area contributed by atoms with E-state index >= 15 is 0 Å². The number of carbonyl (C=O) groups is 1. The molecule has 0 saturated carbocycles. The van der Waals surface area contributed by atoms with Gasteiger partial charge in [-0.25, -0.2) is 13.2 Å². The van der Waals surface area contributed by atoms with Gasteiger partial charge in [0.05, 0.1) is 10.6 Å². The number of anilines is 2. The van der Waals surface area contributed by atoms with E-state index in [2.05, 4.69) is 20.3 Å². The van der Waals surface area contributed by atoms with Gasteiger partial charge in [-0.05, 0) is 66.6 Å². The Morgan fingerprint density at radius 2 is 1.86 bits per heavy atom. The zero-order chi connectivity index (χ0) is 20.9. The number of urea groups is 1. The van der Waals surface area contributed by atoms with Crippen molar-refractivity contribution < 1.29 is 13.2 Å². The van der Waals surface area contributed by atoms with Crippen LogP contribution in [0.1, 0.15) is 11.1 Å². The highest BCUT2D eigenvalue weighted by Crippen LogP contribution is 2.23. The first-order valence-corrected chi connectivity index (χ1v) is 10.5. The number of nitrogens with one attached hydrogen (secondary N) is 3. The molecule has 3 N–H and O–H groups in total. The summed E-state index contributed by atoms with van der Waals surface area (Å²) in [6.07, 6.45) is 3.32. The van der Waals surface area contributed by atoms with E-state index in [-0.39, 0.29) is 4.90 Å². The molecular weight excluding hydrogens is 412 g/mol. The summed E-state index contributed by atoms with van der Waals surface area (Å²) in [6, 6.07) is 14.0. The first-order chi connectivity index (χ1) is 13.8. The molecule has 29 heavy (non-hydrogen) atoms. The van der Waals surface area contributed by atoms with Crippen LogP contribution < -0.4 is 15.4 Å². The van der Waals surface area contributed by atoms with Gasteiger partial charge in [-0.2, -0.15) is 0 Å². The fourth-order valence-corrected chi connectivity index (χ4v) is 3.88. The zero-order valence-corrected chi connectivity index (χ0v) is 17.1. The summed E-state index contributed by atoms with van der Waals surface area (Å²) in [5, 5.41) is 5.89. The summed E-state index contributed by atoms with van der Waals surface area (Å²) in [5.74, 6) is 0. The van der Waals surface area contributed by atoms with Gasteiger partial charge in [-0.15, -0.1) is 0 Å². The molecule has 0 spiro atoms. The predicted octanol–water partition coefficient (Wildman–Crippen LogP) is 4.17. The highest BCUT2D eigenvalue weighted by atomic mass is 35.5. The number of aryl methyl sites for hydroxylation is 1. The molecule has 1 heterocycles. The lowest BCUT2D eigenvalue weighted by Crippen LogP contribution is -2.28. The molecule has 0 aliphatic heterocycles. The molecule has 3 aromatic rings. The minimum absolute atomic E-state index is 0.0770. The maximum Gasteiger partial charge on any atom is 0.319 e. The van der Waals surface area contributed by atoms with Crippen LogP contribution in [0.5, 0.6) is 0 Å². The van der Waals surface area contributed by atoms with E-state index in [1.54, 1.807) is 43.6 Å². The number of pyridine rings is 1. The molecule has 2 amide bonds. The summed E-state index contributed by atoms with van der Waals surface area (Å²) >= 11 is 5.90. The van der Waals surface area contributed by atoms with Crippen molar-refractivity contribution in [3.05, 3.63) is 83.1 Å². The molecular formula is C20H19ClN4O3S. The van der Waals surface area contributed by atoms with Crippen molar-refractivity contribution in [1.29, 1.82) is 0 Å². The number of hydrogen-bond donors (Lipinski definition) is 3. The van der Waals surface area contributed by atoms with Crippen LogP contribution in [-0.4, -0.2) is 19.4 Å². The van der Waals surface area contributed by atoms with Crippen LogP contribution >= 0.6 is 11.6 Å². The largest absolute Gasteiger partial charge is 0.334 e. The molecule has 0 aliphatic rings. The number of hydrogen-bond acceptors (Lipinski definition) is 4. The van der Waals surface area contributed by atoms with E-state index in [1.807, 2.05) is 6.07 Å². The second-order valence-electron chi connectivity index (χ2n) is 6.26. The zero-order valence-electron chi connectivity index (χ0n) is 15.5. The third-order valence-corrected chi connectivity index (χ3v) is 5.65. The first-order valence-electron chi connectivity index (χ1n) is 8.66. The highest BCUT2D eigenvalue weighted by molar-refractivity contribution is 7.92. The quantitative estimate of drug-likeness (QED) is 0.546. The Balaban J connectivity index is 1.62. The van der Waals surface area contributed by atoms with Crippen molar-refractivity contribution >= 4 is 39.0 Å². The Hall–Kier alpha value is -3.10. The highest BCUT2D eigenvalue weighted by Gasteiger charge is 2.15. The van der Waals surface area contributed by atoms with E-state index < -0.39 is 16.1 Å². The number of halogens is 1. The van der Waals surface area contributed by atoms with Gasteiger partial charge in [-0.1, -0.05) is 17.7 Å². The van der Waals surface area contributed by atoms with Crippen molar-refractivity contribution in [2.24, 2.45) is 0 Å². The lowest BCUT2D eigenvalue weighted by molar-refractivity contribution is 0.251. The molecule has 2 aromatic carbocycles. The third kappa shape index (κ3) is 5.69. The Labute approximate surface area is 174 Å². The van der Waals surface area contributed by atoms with Crippen molar-refractivity contribution in [3.8, 4) is 0 Å². The Morgan fingerprint density at radius 1 is 1.10 bits per heavy atom. The fourth-order valence-electron chi connectivity index (χ4n) is 2.52. The summed E-state index contributed by atoms with van der Waals surface area (Å²) in [4.78, 5) is 16.0. The van der Waals surface area contributed by atoms with Crippen LogP contribution in [0.3, 0.4) is 0 Å². The molecule has 0 saturated heterocycles. The van der Waals surface area contributed by atoms with Gasteiger partial charge in [0.1, 0.15) is 0 Å². The van der Waals surface area contributed by atoms with Gasteiger partial charge in [0, 0.05) is 29.6 Å². The maximum atomic E-state index is 12.6. The Kier molecular flexibility index (Phi) is 6.36. The van der Waals surface area contributed by atoms with Crippen molar-refractivity contribution in [2.75, 3.05) is 10.0 Å². The normalized spacial score (nSPS) is 11.0. The van der Waals surface area contributed by atoms with E-state index in [0.717, 1.165) is 5.56 Å². The number of aromatic nitrogens is 1. The summed E-state index contributed by atoms with van der Waals surface area (Å²) in [6.45, 7) is 2.09. The Morgan fingerprint density at radius 3 is 2.52 bits per heavy atom. The number of amides is 2. The van der Waals surface area contributed by atoms with Gasteiger partial charge < -0.3 is 10.6 Å². The van der Waals surface area contributed by atoms with Crippen LogP contribution in [0.25, 0.3) is 0 Å². The lowest BCUT2D eigenvalue weighted by Gasteiger charge is -2.12. The molecule has 0 unspecified atom stereocenters. The van der Waals surface area contributed by atoms with Gasteiger partial charge in [0.2, 0.25) is 0 Å². The molecule has 0 bridgehead atoms. The van der Waals surface area contributed by atoms with E-state index in [4.69, 9.17) is 11.6 Å². The van der Waals surface area contributed by atoms with Crippen molar-refractivity contribution in [2.45, 2.75) is 18.4 Å². The van der Waals surface area contributed by atoms with Crippen LogP contribution in [0.15, 0.2) is 71.9 Å². The standard InChI is InChI=1S/C20H19ClN4O3S/c1-14-11-16(21)4-9-19(14)25-29(27,28)18-7-5-17(6-8-18)24-20(26)23-13-15-3-2-10-22-12-15/h2-12,25H,13H2,1H3,(H2,23,24,26). The SMILES string of the molecule is Cc1cc(Cl)ccc1NS(=O)(=O)c1ccc(NC(=O)NCc2cccnc2)cc1. The van der Waals surface area contributed by atoms with Gasteiger partial charge in [0.25, 0.3) is 10.0 Å². The smallest absolute Gasteiger partial charge is 0.319 e. The van der Waals surface area contributed by atoms with Gasteiger partial charge in [0.15, 0.2) is 0 Å². The molecule has 1 aromatic heterocycles. The fraction of sp³-hybridized carbons (Fsp3) is 0.100. The molecule has 0 aliphatic carbocycles. The number of sulfonamides is 1. The number of benzene rings is 2. The minimum Gasteiger partial charge on any atom is -0.334 e. The van der Waals surface area contributed by atoms with Crippen LogP contribution in [-0.2, 0) is 16.6 Å². The van der Waals surface area contributed by atoms with Crippen molar-refractivity contribution in [1.82, 2.24) is 10.3 Å². The first kappa shape index (κ1) is 20.6. The number of carbonyl (C=O) groups excluding carboxylic acids is 1. The predicted molar refractivity (Wildman–Crippen MR) is 114 cm³/mol.